The van der Waals surface area contributed by atoms with E-state index in [0.29, 0.717) is 6.61 Å². The quantitative estimate of drug-likeness (QED) is 0.914. The molecule has 1 aliphatic heterocycles. The zero-order valence-electron chi connectivity index (χ0n) is 12.5. The maximum absolute atomic E-state index is 5.78. The van der Waals surface area contributed by atoms with Gasteiger partial charge in [-0.25, -0.2) is 0 Å². The molecule has 0 saturated carbocycles. The molecule has 1 aromatic heterocycles. The topological polar surface area (TPSA) is 30.5 Å². The summed E-state index contributed by atoms with van der Waals surface area (Å²) in [7, 11) is 0. The molecule has 4 heteroatoms. The van der Waals surface area contributed by atoms with Gasteiger partial charge >= 0.3 is 0 Å². The van der Waals surface area contributed by atoms with E-state index in [1.54, 1.807) is 0 Å². The highest BCUT2D eigenvalue weighted by Crippen LogP contribution is 2.28. The molecule has 1 saturated heterocycles. The summed E-state index contributed by atoms with van der Waals surface area (Å²) in [6.07, 6.45) is 0.147. The zero-order chi connectivity index (χ0) is 14.7. The van der Waals surface area contributed by atoms with E-state index in [9.17, 15) is 0 Å². The van der Waals surface area contributed by atoms with Crippen LogP contribution in [0.3, 0.4) is 0 Å². The molecule has 1 atom stereocenters. The lowest BCUT2D eigenvalue weighted by Crippen LogP contribution is -2.30. The van der Waals surface area contributed by atoms with E-state index in [0.717, 1.165) is 13.1 Å². The number of ether oxygens (including phenoxy) is 2. The van der Waals surface area contributed by atoms with Crippen LogP contribution in [-0.2, 0) is 16.0 Å². The first kappa shape index (κ1) is 14.7. The van der Waals surface area contributed by atoms with E-state index < -0.39 is 5.79 Å². The van der Waals surface area contributed by atoms with E-state index >= 15 is 0 Å². The molecule has 0 aliphatic carbocycles. The zero-order valence-corrected chi connectivity index (χ0v) is 13.3. The number of benzene rings is 1. The fraction of sp³-hybridized carbons (Fsp3) is 0.412. The van der Waals surface area contributed by atoms with E-state index in [2.05, 4.69) is 41.7 Å². The Morgan fingerprint density at radius 2 is 2.00 bits per heavy atom. The van der Waals surface area contributed by atoms with Crippen LogP contribution in [-0.4, -0.2) is 25.0 Å². The number of hydrogen-bond acceptors (Lipinski definition) is 4. The van der Waals surface area contributed by atoms with Crippen molar-refractivity contribution in [1.29, 1.82) is 0 Å². The van der Waals surface area contributed by atoms with E-state index in [4.69, 9.17) is 9.47 Å². The maximum atomic E-state index is 5.78. The summed E-state index contributed by atoms with van der Waals surface area (Å²) in [5, 5.41) is 3.45. The standard InChI is InChI=1S/C17H21NO2S/c1-17(2)19-12-14(20-17)10-18-11-15-8-9-16(21-15)13-6-4-3-5-7-13/h3-9,14,18H,10-12H2,1-2H3. The van der Waals surface area contributed by atoms with Gasteiger partial charge in [0.25, 0.3) is 0 Å². The molecule has 1 aromatic carbocycles. The Morgan fingerprint density at radius 3 is 2.71 bits per heavy atom. The van der Waals surface area contributed by atoms with Crippen LogP contribution in [0, 0.1) is 0 Å². The summed E-state index contributed by atoms with van der Waals surface area (Å²) < 4.78 is 11.3. The average Bonchev–Trinajstić information content (AvgIpc) is 3.07. The molecule has 1 unspecified atom stereocenters. The van der Waals surface area contributed by atoms with Crippen molar-refractivity contribution in [3.63, 3.8) is 0 Å². The molecule has 1 N–H and O–H groups in total. The van der Waals surface area contributed by atoms with Crippen LogP contribution in [0.25, 0.3) is 10.4 Å². The van der Waals surface area contributed by atoms with Gasteiger partial charge in [-0.3, -0.25) is 0 Å². The minimum atomic E-state index is -0.435. The summed E-state index contributed by atoms with van der Waals surface area (Å²) >= 11 is 1.83. The summed E-state index contributed by atoms with van der Waals surface area (Å²) in [5.74, 6) is -0.435. The molecule has 2 aromatic rings. The fourth-order valence-electron chi connectivity index (χ4n) is 2.45. The van der Waals surface area contributed by atoms with Crippen molar-refractivity contribution in [3.8, 4) is 10.4 Å². The Labute approximate surface area is 129 Å². The largest absolute Gasteiger partial charge is 0.348 e. The second kappa shape index (κ2) is 6.28. The van der Waals surface area contributed by atoms with Gasteiger partial charge in [-0.2, -0.15) is 0 Å². The molecule has 2 heterocycles. The second-order valence-corrected chi connectivity index (χ2v) is 6.88. The van der Waals surface area contributed by atoms with Gasteiger partial charge in [0.15, 0.2) is 5.79 Å². The van der Waals surface area contributed by atoms with Crippen molar-refractivity contribution in [2.24, 2.45) is 0 Å². The van der Waals surface area contributed by atoms with Crippen LogP contribution in [0.1, 0.15) is 18.7 Å². The molecule has 3 nitrogen and oxygen atoms in total. The number of nitrogens with one attached hydrogen (secondary N) is 1. The lowest BCUT2D eigenvalue weighted by Gasteiger charge is -2.17. The first-order valence-corrected chi connectivity index (χ1v) is 8.11. The van der Waals surface area contributed by atoms with E-state index in [1.165, 1.54) is 15.3 Å². The molecular weight excluding hydrogens is 282 g/mol. The molecule has 1 aliphatic rings. The van der Waals surface area contributed by atoms with Gasteiger partial charge in [0, 0.05) is 22.8 Å². The Bertz CT molecular complexity index is 579. The summed E-state index contributed by atoms with van der Waals surface area (Å²) in [6, 6.07) is 14.9. The third kappa shape index (κ3) is 3.92. The second-order valence-electron chi connectivity index (χ2n) is 5.71. The van der Waals surface area contributed by atoms with Crippen LogP contribution in [0.2, 0.25) is 0 Å². The molecule has 0 bridgehead atoms. The van der Waals surface area contributed by atoms with Crippen LogP contribution in [0.5, 0.6) is 0 Å². The van der Waals surface area contributed by atoms with E-state index in [1.807, 2.05) is 31.3 Å². The fourth-order valence-corrected chi connectivity index (χ4v) is 3.43. The van der Waals surface area contributed by atoms with Crippen molar-refractivity contribution in [3.05, 3.63) is 47.3 Å². The molecule has 3 rings (SSSR count). The number of rotatable bonds is 5. The molecule has 0 amide bonds. The summed E-state index contributed by atoms with van der Waals surface area (Å²) in [6.45, 7) is 6.27. The minimum absolute atomic E-state index is 0.147. The highest BCUT2D eigenvalue weighted by Gasteiger charge is 2.32. The van der Waals surface area contributed by atoms with Crippen LogP contribution in [0.4, 0.5) is 0 Å². The van der Waals surface area contributed by atoms with Gasteiger partial charge in [-0.05, 0) is 31.5 Å². The number of thiophene rings is 1. The third-order valence-corrected chi connectivity index (χ3v) is 4.59. The van der Waals surface area contributed by atoms with Crippen LogP contribution < -0.4 is 5.32 Å². The first-order chi connectivity index (χ1) is 10.1. The predicted octanol–water partition coefficient (Wildman–Crippen LogP) is 3.66. The third-order valence-electron chi connectivity index (χ3n) is 3.46. The van der Waals surface area contributed by atoms with Crippen molar-refractivity contribution in [2.45, 2.75) is 32.3 Å². The predicted molar refractivity (Wildman–Crippen MR) is 86.4 cm³/mol. The van der Waals surface area contributed by atoms with Gasteiger partial charge in [-0.15, -0.1) is 11.3 Å². The maximum Gasteiger partial charge on any atom is 0.163 e. The van der Waals surface area contributed by atoms with Gasteiger partial charge in [0.2, 0.25) is 0 Å². The SMILES string of the molecule is CC1(C)OCC(CNCc2ccc(-c3ccccc3)s2)O1. The summed E-state index contributed by atoms with van der Waals surface area (Å²) in [5.41, 5.74) is 1.28. The Kier molecular flexibility index (Phi) is 4.40. The van der Waals surface area contributed by atoms with Gasteiger partial charge in [-0.1, -0.05) is 30.3 Å². The molecule has 112 valence electrons. The number of hydrogen-bond donors (Lipinski definition) is 1. The van der Waals surface area contributed by atoms with Gasteiger partial charge in [0.05, 0.1) is 12.7 Å². The Morgan fingerprint density at radius 1 is 1.19 bits per heavy atom. The molecule has 0 radical (unpaired) electrons. The highest BCUT2D eigenvalue weighted by molar-refractivity contribution is 7.15. The normalized spacial score (nSPS) is 20.8. The van der Waals surface area contributed by atoms with Gasteiger partial charge in [0.1, 0.15) is 0 Å². The van der Waals surface area contributed by atoms with Crippen molar-refractivity contribution >= 4 is 11.3 Å². The molecule has 21 heavy (non-hydrogen) atoms. The minimum Gasteiger partial charge on any atom is -0.348 e. The van der Waals surface area contributed by atoms with Crippen molar-refractivity contribution < 1.29 is 9.47 Å². The van der Waals surface area contributed by atoms with Crippen LogP contribution in [0.15, 0.2) is 42.5 Å². The Hall–Kier alpha value is -1.20. The molecular formula is C17H21NO2S. The first-order valence-electron chi connectivity index (χ1n) is 7.29. The molecule has 0 spiro atoms. The van der Waals surface area contributed by atoms with E-state index in [-0.39, 0.29) is 6.10 Å². The van der Waals surface area contributed by atoms with Crippen molar-refractivity contribution in [2.75, 3.05) is 13.2 Å². The highest BCUT2D eigenvalue weighted by atomic mass is 32.1. The lowest BCUT2D eigenvalue weighted by atomic mass is 10.2. The average molecular weight is 303 g/mol. The Balaban J connectivity index is 1.50. The summed E-state index contributed by atoms with van der Waals surface area (Å²) in [4.78, 5) is 2.65. The van der Waals surface area contributed by atoms with Crippen LogP contribution >= 0.6 is 11.3 Å². The smallest absolute Gasteiger partial charge is 0.163 e. The van der Waals surface area contributed by atoms with Gasteiger partial charge < -0.3 is 14.8 Å². The lowest BCUT2D eigenvalue weighted by molar-refractivity contribution is -0.137. The monoisotopic (exact) mass is 303 g/mol. The van der Waals surface area contributed by atoms with Crippen molar-refractivity contribution in [1.82, 2.24) is 5.32 Å². The molecule has 1 fully saturated rings.